The Morgan fingerprint density at radius 3 is 2.94 bits per heavy atom. The first-order valence-corrected chi connectivity index (χ1v) is 6.87. The average Bonchev–Trinajstić information content (AvgIpc) is 2.85. The molecule has 1 aromatic carbocycles. The second kappa shape index (κ2) is 4.39. The molecule has 0 unspecified atom stereocenters. The van der Waals surface area contributed by atoms with Crippen LogP contribution in [0.5, 0.6) is 0 Å². The second-order valence-corrected chi connectivity index (χ2v) is 5.47. The summed E-state index contributed by atoms with van der Waals surface area (Å²) in [7, 11) is 0. The van der Waals surface area contributed by atoms with Gasteiger partial charge in [0.1, 0.15) is 0 Å². The minimum atomic E-state index is -0.177. The van der Waals surface area contributed by atoms with Crippen LogP contribution in [-0.2, 0) is 11.2 Å². The highest BCUT2D eigenvalue weighted by Gasteiger charge is 2.47. The van der Waals surface area contributed by atoms with Crippen molar-refractivity contribution in [3.8, 4) is 0 Å². The number of anilines is 1. The van der Waals surface area contributed by atoms with Gasteiger partial charge in [-0.3, -0.25) is 4.79 Å². The molecule has 3 rings (SSSR count). The fourth-order valence-corrected chi connectivity index (χ4v) is 3.28. The quantitative estimate of drug-likeness (QED) is 0.862. The first-order valence-electron chi connectivity index (χ1n) is 6.87. The van der Waals surface area contributed by atoms with E-state index in [1.165, 1.54) is 5.56 Å². The Hall–Kier alpha value is -1.35. The Morgan fingerprint density at radius 1 is 1.39 bits per heavy atom. The number of amides is 1. The summed E-state index contributed by atoms with van der Waals surface area (Å²) in [4.78, 5) is 14.8. The van der Waals surface area contributed by atoms with Crippen LogP contribution >= 0.6 is 0 Å². The molecule has 2 aliphatic heterocycles. The number of carbonyl (C=O) groups excluding carboxylic acids is 1. The molecule has 0 radical (unpaired) electrons. The minimum Gasteiger partial charge on any atom is -0.316 e. The van der Waals surface area contributed by atoms with Crippen molar-refractivity contribution in [3.05, 3.63) is 29.8 Å². The number of nitrogens with zero attached hydrogens (tertiary/aromatic N) is 1. The Morgan fingerprint density at radius 2 is 2.22 bits per heavy atom. The summed E-state index contributed by atoms with van der Waals surface area (Å²) in [6.45, 7) is 4.76. The van der Waals surface area contributed by atoms with E-state index in [1.54, 1.807) is 0 Å². The number of hydrogen-bond acceptors (Lipinski definition) is 2. The van der Waals surface area contributed by atoms with Crippen molar-refractivity contribution in [2.24, 2.45) is 5.41 Å². The number of nitrogens with one attached hydrogen (secondary N) is 1. The van der Waals surface area contributed by atoms with Gasteiger partial charge in [0.15, 0.2) is 0 Å². The monoisotopic (exact) mass is 244 g/mol. The standard InChI is InChI=1S/C15H20N2O/c1-2-9-17-13-6-4-3-5-12(13)10-15(14(17)18)7-8-16-11-15/h3-6,16H,2,7-11H2,1H3/t15-/m1/s1. The summed E-state index contributed by atoms with van der Waals surface area (Å²) in [5, 5.41) is 3.36. The van der Waals surface area contributed by atoms with E-state index >= 15 is 0 Å². The molecule has 1 spiro atoms. The molecule has 96 valence electrons. The number of hydrogen-bond donors (Lipinski definition) is 1. The van der Waals surface area contributed by atoms with Gasteiger partial charge in [-0.05, 0) is 37.4 Å². The van der Waals surface area contributed by atoms with Crippen LogP contribution < -0.4 is 10.2 Å². The second-order valence-electron chi connectivity index (χ2n) is 5.47. The van der Waals surface area contributed by atoms with Gasteiger partial charge >= 0.3 is 0 Å². The van der Waals surface area contributed by atoms with E-state index in [0.29, 0.717) is 5.91 Å². The van der Waals surface area contributed by atoms with Gasteiger partial charge in [0, 0.05) is 18.8 Å². The van der Waals surface area contributed by atoms with E-state index in [2.05, 4.69) is 30.4 Å². The normalized spacial score (nSPS) is 26.7. The highest BCUT2D eigenvalue weighted by Crippen LogP contribution is 2.41. The molecule has 1 N–H and O–H groups in total. The van der Waals surface area contributed by atoms with Crippen molar-refractivity contribution < 1.29 is 4.79 Å². The number of fused-ring (bicyclic) bond motifs is 1. The molecule has 1 amide bonds. The zero-order valence-electron chi connectivity index (χ0n) is 10.9. The lowest BCUT2D eigenvalue weighted by atomic mass is 9.76. The summed E-state index contributed by atoms with van der Waals surface area (Å²) < 4.78 is 0. The van der Waals surface area contributed by atoms with Gasteiger partial charge in [-0.1, -0.05) is 25.1 Å². The topological polar surface area (TPSA) is 32.3 Å². The van der Waals surface area contributed by atoms with Crippen LogP contribution in [0.3, 0.4) is 0 Å². The Kier molecular flexibility index (Phi) is 2.86. The van der Waals surface area contributed by atoms with Crippen molar-refractivity contribution in [2.45, 2.75) is 26.2 Å². The van der Waals surface area contributed by atoms with Crippen LogP contribution in [0.1, 0.15) is 25.3 Å². The molecule has 0 saturated carbocycles. The van der Waals surface area contributed by atoms with Gasteiger partial charge in [0.25, 0.3) is 0 Å². The molecule has 1 saturated heterocycles. The Labute approximate surface area is 108 Å². The lowest BCUT2D eigenvalue weighted by Gasteiger charge is -2.40. The summed E-state index contributed by atoms with van der Waals surface area (Å²) in [5.41, 5.74) is 2.28. The molecule has 18 heavy (non-hydrogen) atoms. The summed E-state index contributed by atoms with van der Waals surface area (Å²) >= 11 is 0. The maximum absolute atomic E-state index is 12.8. The lowest BCUT2D eigenvalue weighted by molar-refractivity contribution is -0.127. The Bertz CT molecular complexity index is 463. The number of benzene rings is 1. The molecule has 2 aliphatic rings. The van der Waals surface area contributed by atoms with E-state index in [-0.39, 0.29) is 5.41 Å². The average molecular weight is 244 g/mol. The van der Waals surface area contributed by atoms with Crippen molar-refractivity contribution in [1.82, 2.24) is 5.32 Å². The summed E-state index contributed by atoms with van der Waals surface area (Å²) in [6.07, 6.45) is 2.87. The number of rotatable bonds is 2. The van der Waals surface area contributed by atoms with Crippen molar-refractivity contribution in [2.75, 3.05) is 24.5 Å². The fourth-order valence-electron chi connectivity index (χ4n) is 3.28. The minimum absolute atomic E-state index is 0.177. The SMILES string of the molecule is CCCN1C(=O)[C@]2(CCNC2)Cc2ccccc21. The van der Waals surface area contributed by atoms with Gasteiger partial charge in [-0.25, -0.2) is 0 Å². The lowest BCUT2D eigenvalue weighted by Crippen LogP contribution is -2.50. The molecule has 3 heteroatoms. The fraction of sp³-hybridized carbons (Fsp3) is 0.533. The number of para-hydroxylation sites is 1. The molecule has 0 aliphatic carbocycles. The Balaban J connectivity index is 2.04. The van der Waals surface area contributed by atoms with Crippen molar-refractivity contribution in [3.63, 3.8) is 0 Å². The zero-order chi connectivity index (χ0) is 12.6. The molecule has 2 heterocycles. The third-order valence-corrected chi connectivity index (χ3v) is 4.20. The summed E-state index contributed by atoms with van der Waals surface area (Å²) in [6, 6.07) is 8.36. The highest BCUT2D eigenvalue weighted by atomic mass is 16.2. The molecule has 0 bridgehead atoms. The van der Waals surface area contributed by atoms with Crippen LogP contribution in [0, 0.1) is 5.41 Å². The van der Waals surface area contributed by atoms with Crippen LogP contribution in [-0.4, -0.2) is 25.5 Å². The van der Waals surface area contributed by atoms with E-state index in [1.807, 2.05) is 11.0 Å². The van der Waals surface area contributed by atoms with Crippen molar-refractivity contribution in [1.29, 1.82) is 0 Å². The third-order valence-electron chi connectivity index (χ3n) is 4.20. The van der Waals surface area contributed by atoms with Gasteiger partial charge in [0.05, 0.1) is 5.41 Å². The van der Waals surface area contributed by atoms with Gasteiger partial charge < -0.3 is 10.2 Å². The first kappa shape index (κ1) is 11.7. The molecular weight excluding hydrogens is 224 g/mol. The van der Waals surface area contributed by atoms with E-state index in [4.69, 9.17) is 0 Å². The first-order chi connectivity index (χ1) is 8.77. The molecule has 0 aromatic heterocycles. The largest absolute Gasteiger partial charge is 0.316 e. The molecular formula is C15H20N2O. The summed E-state index contributed by atoms with van der Waals surface area (Å²) in [5.74, 6) is 0.327. The predicted molar refractivity (Wildman–Crippen MR) is 72.7 cm³/mol. The maximum Gasteiger partial charge on any atom is 0.234 e. The van der Waals surface area contributed by atoms with E-state index in [9.17, 15) is 4.79 Å². The van der Waals surface area contributed by atoms with E-state index < -0.39 is 0 Å². The van der Waals surface area contributed by atoms with Gasteiger partial charge in [-0.15, -0.1) is 0 Å². The van der Waals surface area contributed by atoms with Gasteiger partial charge in [-0.2, -0.15) is 0 Å². The van der Waals surface area contributed by atoms with Crippen LogP contribution in [0.15, 0.2) is 24.3 Å². The highest BCUT2D eigenvalue weighted by molar-refractivity contribution is 6.01. The molecule has 1 fully saturated rings. The zero-order valence-corrected chi connectivity index (χ0v) is 10.9. The van der Waals surface area contributed by atoms with Crippen molar-refractivity contribution >= 4 is 11.6 Å². The third kappa shape index (κ3) is 1.65. The number of carbonyl (C=O) groups is 1. The maximum atomic E-state index is 12.8. The predicted octanol–water partition coefficient (Wildman–Crippen LogP) is 1.97. The smallest absolute Gasteiger partial charge is 0.234 e. The molecule has 3 nitrogen and oxygen atoms in total. The molecule has 1 aromatic rings. The van der Waals surface area contributed by atoms with Crippen LogP contribution in [0.4, 0.5) is 5.69 Å². The van der Waals surface area contributed by atoms with Gasteiger partial charge in [0.2, 0.25) is 5.91 Å². The molecule has 1 atom stereocenters. The van der Waals surface area contributed by atoms with E-state index in [0.717, 1.165) is 44.6 Å². The van der Waals surface area contributed by atoms with Crippen LogP contribution in [0.2, 0.25) is 0 Å². The van der Waals surface area contributed by atoms with Crippen LogP contribution in [0.25, 0.3) is 0 Å².